The number of hydrogen-bond acceptors (Lipinski definition) is 3. The number of carbonyl (C=O) groups excluding carboxylic acids is 2. The molecular formula is C27H24N4O2S. The smallest absolute Gasteiger partial charge is 0.256 e. The van der Waals surface area contributed by atoms with E-state index in [4.69, 9.17) is 12.2 Å². The molecular weight excluding hydrogens is 444 g/mol. The zero-order chi connectivity index (χ0) is 23.7. The number of carbonyl (C=O) groups is 2. The number of aromatic amines is 1. The van der Waals surface area contributed by atoms with Gasteiger partial charge in [-0.3, -0.25) is 14.5 Å². The summed E-state index contributed by atoms with van der Waals surface area (Å²) in [5.41, 5.74) is 4.44. The first-order valence-corrected chi connectivity index (χ1v) is 11.5. The van der Waals surface area contributed by atoms with Crippen molar-refractivity contribution >= 4 is 51.4 Å². The maximum atomic E-state index is 13.5. The lowest BCUT2D eigenvalue weighted by molar-refractivity contribution is -0.124. The van der Waals surface area contributed by atoms with E-state index in [-0.39, 0.29) is 18.2 Å². The summed E-state index contributed by atoms with van der Waals surface area (Å²) < 4.78 is 0. The second-order valence-corrected chi connectivity index (χ2v) is 8.82. The molecule has 0 spiro atoms. The van der Waals surface area contributed by atoms with Crippen molar-refractivity contribution in [1.82, 2.24) is 9.88 Å². The van der Waals surface area contributed by atoms with Crippen LogP contribution in [0.1, 0.15) is 17.5 Å². The minimum atomic E-state index is -0.691. The van der Waals surface area contributed by atoms with E-state index in [1.807, 2.05) is 96.9 Å². The van der Waals surface area contributed by atoms with Crippen LogP contribution in [0.15, 0.2) is 85.1 Å². The topological polar surface area (TPSA) is 68.4 Å². The second kappa shape index (κ2) is 9.11. The third-order valence-electron chi connectivity index (χ3n) is 6.02. The first-order valence-electron chi connectivity index (χ1n) is 11.1. The number of amides is 2. The van der Waals surface area contributed by atoms with Crippen molar-refractivity contribution in [3.8, 4) is 0 Å². The minimum Gasteiger partial charge on any atom is -0.361 e. The largest absolute Gasteiger partial charge is 0.361 e. The van der Waals surface area contributed by atoms with E-state index in [0.717, 1.165) is 22.0 Å². The van der Waals surface area contributed by atoms with Gasteiger partial charge in [0.25, 0.3) is 5.91 Å². The first kappa shape index (κ1) is 21.9. The van der Waals surface area contributed by atoms with Crippen molar-refractivity contribution < 1.29 is 9.59 Å². The second-order valence-electron chi connectivity index (χ2n) is 8.45. The monoisotopic (exact) mass is 468 g/mol. The minimum absolute atomic E-state index is 0.00304. The molecule has 3 aromatic carbocycles. The predicted octanol–water partition coefficient (Wildman–Crippen LogP) is 5.01. The summed E-state index contributed by atoms with van der Waals surface area (Å²) in [6.07, 6.45) is 1.85. The van der Waals surface area contributed by atoms with Gasteiger partial charge >= 0.3 is 0 Å². The van der Waals surface area contributed by atoms with Gasteiger partial charge in [-0.1, -0.05) is 54.1 Å². The van der Waals surface area contributed by atoms with Crippen molar-refractivity contribution in [2.45, 2.75) is 25.9 Å². The number of anilines is 2. The molecule has 1 aliphatic heterocycles. The van der Waals surface area contributed by atoms with Gasteiger partial charge in [0, 0.05) is 23.9 Å². The fourth-order valence-corrected chi connectivity index (χ4v) is 4.63. The van der Waals surface area contributed by atoms with E-state index in [1.54, 1.807) is 4.90 Å². The average Bonchev–Trinajstić information content (AvgIpc) is 3.39. The van der Waals surface area contributed by atoms with Gasteiger partial charge < -0.3 is 15.2 Å². The molecule has 1 saturated heterocycles. The standard InChI is InChI=1S/C27H24N4O2S/c1-18-7-11-22(12-8-18)31-26(33)24(30(27(31)34)17-19-5-3-2-4-6-19)16-25(32)29-21-10-9-20-13-14-28-23(20)15-21/h2-15,24,28H,16-17H2,1H3,(H,29,32). The summed E-state index contributed by atoms with van der Waals surface area (Å²) in [7, 11) is 0. The fourth-order valence-electron chi connectivity index (χ4n) is 4.24. The number of hydrogen-bond donors (Lipinski definition) is 2. The van der Waals surface area contributed by atoms with Crippen molar-refractivity contribution in [2.75, 3.05) is 10.2 Å². The summed E-state index contributed by atoms with van der Waals surface area (Å²) in [5.74, 6) is -0.435. The number of aryl methyl sites for hydroxylation is 1. The van der Waals surface area contributed by atoms with E-state index < -0.39 is 6.04 Å². The van der Waals surface area contributed by atoms with Crippen LogP contribution < -0.4 is 10.2 Å². The molecule has 4 aromatic rings. The van der Waals surface area contributed by atoms with Crippen LogP contribution in [-0.2, 0) is 16.1 Å². The molecule has 34 heavy (non-hydrogen) atoms. The fraction of sp³-hybridized carbons (Fsp3) is 0.148. The zero-order valence-corrected chi connectivity index (χ0v) is 19.5. The van der Waals surface area contributed by atoms with Crippen molar-refractivity contribution in [1.29, 1.82) is 0 Å². The maximum absolute atomic E-state index is 13.5. The lowest BCUT2D eigenvalue weighted by atomic mass is 10.1. The molecule has 2 heterocycles. The quantitative estimate of drug-likeness (QED) is 0.391. The Morgan fingerprint density at radius 1 is 1.03 bits per heavy atom. The first-order chi connectivity index (χ1) is 16.5. The molecule has 1 aromatic heterocycles. The molecule has 1 fully saturated rings. The van der Waals surface area contributed by atoms with Crippen LogP contribution >= 0.6 is 12.2 Å². The van der Waals surface area contributed by atoms with Gasteiger partial charge in [0.05, 0.1) is 12.1 Å². The molecule has 1 aliphatic rings. The molecule has 1 unspecified atom stereocenters. The van der Waals surface area contributed by atoms with E-state index in [0.29, 0.717) is 23.0 Å². The van der Waals surface area contributed by atoms with Crippen LogP contribution in [0.4, 0.5) is 11.4 Å². The highest BCUT2D eigenvalue weighted by Gasteiger charge is 2.44. The van der Waals surface area contributed by atoms with Crippen LogP contribution in [0.2, 0.25) is 0 Å². The number of thiocarbonyl (C=S) groups is 1. The average molecular weight is 469 g/mol. The summed E-state index contributed by atoms with van der Waals surface area (Å²) in [6.45, 7) is 2.44. The lowest BCUT2D eigenvalue weighted by Crippen LogP contribution is -2.37. The Labute approximate surface area is 203 Å². The lowest BCUT2D eigenvalue weighted by Gasteiger charge is -2.24. The molecule has 0 radical (unpaired) electrons. The molecule has 0 aliphatic carbocycles. The van der Waals surface area contributed by atoms with Gasteiger partial charge in [-0.05, 0) is 60.4 Å². The Kier molecular flexibility index (Phi) is 5.86. The van der Waals surface area contributed by atoms with E-state index in [2.05, 4.69) is 10.3 Å². The van der Waals surface area contributed by atoms with E-state index >= 15 is 0 Å². The number of rotatable bonds is 6. The predicted molar refractivity (Wildman–Crippen MR) is 139 cm³/mol. The number of fused-ring (bicyclic) bond motifs is 1. The van der Waals surface area contributed by atoms with Crippen molar-refractivity contribution in [3.63, 3.8) is 0 Å². The maximum Gasteiger partial charge on any atom is 0.256 e. The summed E-state index contributed by atoms with van der Waals surface area (Å²) >= 11 is 5.75. The molecule has 0 saturated carbocycles. The highest BCUT2D eigenvalue weighted by Crippen LogP contribution is 2.29. The van der Waals surface area contributed by atoms with Gasteiger partial charge in [-0.2, -0.15) is 0 Å². The van der Waals surface area contributed by atoms with Gasteiger partial charge in [0.1, 0.15) is 6.04 Å². The van der Waals surface area contributed by atoms with Gasteiger partial charge in [0.2, 0.25) is 5.91 Å². The molecule has 6 nitrogen and oxygen atoms in total. The highest BCUT2D eigenvalue weighted by atomic mass is 32.1. The van der Waals surface area contributed by atoms with E-state index in [1.165, 1.54) is 0 Å². The number of aromatic nitrogens is 1. The molecule has 170 valence electrons. The Morgan fingerprint density at radius 2 is 1.79 bits per heavy atom. The van der Waals surface area contributed by atoms with E-state index in [9.17, 15) is 9.59 Å². The Morgan fingerprint density at radius 3 is 2.56 bits per heavy atom. The highest BCUT2D eigenvalue weighted by molar-refractivity contribution is 7.80. The Balaban J connectivity index is 1.40. The SMILES string of the molecule is Cc1ccc(N2C(=O)C(CC(=O)Nc3ccc4cc[nH]c4c3)N(Cc3ccccc3)C2=S)cc1. The molecule has 0 bridgehead atoms. The number of nitrogens with zero attached hydrogens (tertiary/aromatic N) is 2. The zero-order valence-electron chi connectivity index (χ0n) is 18.7. The van der Waals surface area contributed by atoms with Crippen LogP contribution in [0.25, 0.3) is 10.9 Å². The summed E-state index contributed by atoms with van der Waals surface area (Å²) in [6, 6.07) is 24.5. The van der Waals surface area contributed by atoms with Crippen molar-refractivity contribution in [3.05, 3.63) is 96.2 Å². The van der Waals surface area contributed by atoms with Crippen LogP contribution in [-0.4, -0.2) is 32.9 Å². The molecule has 2 N–H and O–H groups in total. The normalized spacial score (nSPS) is 15.9. The molecule has 5 rings (SSSR count). The molecule has 2 amide bonds. The van der Waals surface area contributed by atoms with Gasteiger partial charge in [0.15, 0.2) is 5.11 Å². The van der Waals surface area contributed by atoms with Crippen LogP contribution in [0, 0.1) is 6.92 Å². The van der Waals surface area contributed by atoms with Gasteiger partial charge in [-0.15, -0.1) is 0 Å². The third-order valence-corrected chi connectivity index (χ3v) is 6.44. The summed E-state index contributed by atoms with van der Waals surface area (Å²) in [5, 5.41) is 4.41. The number of nitrogens with one attached hydrogen (secondary N) is 2. The van der Waals surface area contributed by atoms with Crippen LogP contribution in [0.5, 0.6) is 0 Å². The Bertz CT molecular complexity index is 1360. The molecule has 7 heteroatoms. The van der Waals surface area contributed by atoms with Gasteiger partial charge in [-0.25, -0.2) is 0 Å². The van der Waals surface area contributed by atoms with Crippen LogP contribution in [0.3, 0.4) is 0 Å². The molecule has 1 atom stereocenters. The Hall–Kier alpha value is -3.97. The third kappa shape index (κ3) is 4.30. The summed E-state index contributed by atoms with van der Waals surface area (Å²) in [4.78, 5) is 33.1. The number of H-pyrrole nitrogens is 1. The van der Waals surface area contributed by atoms with Crippen molar-refractivity contribution in [2.24, 2.45) is 0 Å². The number of benzene rings is 3.